The molecule has 0 bridgehead atoms. The molecule has 0 unspecified atom stereocenters. The zero-order chi connectivity index (χ0) is 16.6. The molecule has 3 rings (SSSR count). The summed E-state index contributed by atoms with van der Waals surface area (Å²) in [7, 11) is 3.93. The van der Waals surface area contributed by atoms with Gasteiger partial charge in [0.1, 0.15) is 5.54 Å². The maximum absolute atomic E-state index is 12.8. The monoisotopic (exact) mass is 356 g/mol. The number of nitrogens with zero attached hydrogens (tertiary/aromatic N) is 3. The highest BCUT2D eigenvalue weighted by Gasteiger charge is 2.52. The van der Waals surface area contributed by atoms with E-state index in [1.54, 1.807) is 0 Å². The highest BCUT2D eigenvalue weighted by Crippen LogP contribution is 2.29. The van der Waals surface area contributed by atoms with Crippen LogP contribution < -0.4 is 5.32 Å². The second kappa shape index (κ2) is 6.39. The summed E-state index contributed by atoms with van der Waals surface area (Å²) in [5, 5.41) is 2.93. The number of likely N-dealkylation sites (tertiary alicyclic amines) is 1. The van der Waals surface area contributed by atoms with E-state index in [9.17, 15) is 9.59 Å². The molecule has 2 saturated heterocycles. The minimum atomic E-state index is -0.698. The lowest BCUT2D eigenvalue weighted by atomic mass is 9.88. The third-order valence-corrected chi connectivity index (χ3v) is 5.74. The molecule has 0 aliphatic carbocycles. The first-order chi connectivity index (χ1) is 10.9. The van der Waals surface area contributed by atoms with Gasteiger partial charge in [-0.1, -0.05) is 11.6 Å². The molecule has 0 saturated carbocycles. The Morgan fingerprint density at radius 1 is 1.35 bits per heavy atom. The number of thiophene rings is 1. The van der Waals surface area contributed by atoms with Gasteiger partial charge in [0.25, 0.3) is 5.91 Å². The van der Waals surface area contributed by atoms with Crippen molar-refractivity contribution in [1.29, 1.82) is 0 Å². The normalized spacial score (nSPS) is 21.5. The van der Waals surface area contributed by atoms with Crippen molar-refractivity contribution in [3.8, 4) is 0 Å². The predicted octanol–water partition coefficient (Wildman–Crippen LogP) is 1.81. The standard InChI is InChI=1S/C15H21ClN4O2S/c1-18-7-5-15(6-8-18)13(21)20(14(22)17-15)10-19(2)9-11-3-4-12(16)23-11/h3-4H,5-10H2,1-2H3,(H,17,22). The number of nitrogens with one attached hydrogen (secondary N) is 1. The van der Waals surface area contributed by atoms with E-state index in [0.29, 0.717) is 19.4 Å². The first kappa shape index (κ1) is 16.7. The van der Waals surface area contributed by atoms with E-state index in [1.807, 2.05) is 31.1 Å². The number of urea groups is 1. The van der Waals surface area contributed by atoms with Gasteiger partial charge >= 0.3 is 6.03 Å². The summed E-state index contributed by atoms with van der Waals surface area (Å²) in [6.07, 6.45) is 1.35. The number of hydrogen-bond acceptors (Lipinski definition) is 5. The molecule has 2 fully saturated rings. The summed E-state index contributed by atoms with van der Waals surface area (Å²) >= 11 is 7.45. The van der Waals surface area contributed by atoms with Crippen LogP contribution >= 0.6 is 22.9 Å². The quantitative estimate of drug-likeness (QED) is 0.836. The van der Waals surface area contributed by atoms with Crippen LogP contribution in [0.15, 0.2) is 12.1 Å². The van der Waals surface area contributed by atoms with E-state index in [2.05, 4.69) is 10.2 Å². The third-order valence-electron chi connectivity index (χ3n) is 4.52. The molecule has 8 heteroatoms. The van der Waals surface area contributed by atoms with E-state index < -0.39 is 5.54 Å². The summed E-state index contributed by atoms with van der Waals surface area (Å²) in [6.45, 7) is 2.59. The van der Waals surface area contributed by atoms with Gasteiger partial charge in [0.05, 0.1) is 11.0 Å². The Bertz CT molecular complexity index is 612. The molecule has 1 aromatic heterocycles. The lowest BCUT2D eigenvalue weighted by Crippen LogP contribution is -2.54. The Kier molecular flexibility index (Phi) is 4.64. The van der Waals surface area contributed by atoms with Crippen LogP contribution in [0.5, 0.6) is 0 Å². The van der Waals surface area contributed by atoms with Crippen molar-refractivity contribution in [3.05, 3.63) is 21.3 Å². The van der Waals surface area contributed by atoms with Crippen molar-refractivity contribution >= 4 is 34.9 Å². The van der Waals surface area contributed by atoms with Gasteiger partial charge in [0.2, 0.25) is 0 Å². The fourth-order valence-electron chi connectivity index (χ4n) is 3.14. The summed E-state index contributed by atoms with van der Waals surface area (Å²) in [5.74, 6) is -0.0911. The second-order valence-electron chi connectivity index (χ2n) is 6.41. The van der Waals surface area contributed by atoms with E-state index in [0.717, 1.165) is 22.3 Å². The van der Waals surface area contributed by atoms with Crippen molar-refractivity contribution in [3.63, 3.8) is 0 Å². The minimum absolute atomic E-state index is 0.0911. The molecule has 3 amide bonds. The average molecular weight is 357 g/mol. The smallest absolute Gasteiger partial charge is 0.323 e. The van der Waals surface area contributed by atoms with E-state index in [4.69, 9.17) is 11.6 Å². The topological polar surface area (TPSA) is 55.9 Å². The number of carbonyl (C=O) groups excluding carboxylic acids is 2. The van der Waals surface area contributed by atoms with Crippen molar-refractivity contribution in [2.75, 3.05) is 33.9 Å². The Morgan fingerprint density at radius 2 is 2.04 bits per heavy atom. The Labute approximate surface area is 145 Å². The zero-order valence-corrected chi connectivity index (χ0v) is 14.9. The fraction of sp³-hybridized carbons (Fsp3) is 0.600. The molecular weight excluding hydrogens is 336 g/mol. The number of piperidine rings is 1. The number of rotatable bonds is 4. The summed E-state index contributed by atoms with van der Waals surface area (Å²) in [6, 6.07) is 3.54. The van der Waals surface area contributed by atoms with Gasteiger partial charge < -0.3 is 10.2 Å². The summed E-state index contributed by atoms with van der Waals surface area (Å²) in [5.41, 5.74) is -0.698. The van der Waals surface area contributed by atoms with Gasteiger partial charge in [0.15, 0.2) is 0 Å². The van der Waals surface area contributed by atoms with E-state index in [1.165, 1.54) is 16.2 Å². The van der Waals surface area contributed by atoms with Crippen LogP contribution in [0.1, 0.15) is 17.7 Å². The van der Waals surface area contributed by atoms with Gasteiger partial charge in [0, 0.05) is 24.5 Å². The molecule has 2 aliphatic heterocycles. The van der Waals surface area contributed by atoms with Gasteiger partial charge in [-0.3, -0.25) is 9.69 Å². The van der Waals surface area contributed by atoms with Crippen LogP contribution in [0.25, 0.3) is 0 Å². The maximum atomic E-state index is 12.8. The van der Waals surface area contributed by atoms with Crippen molar-refractivity contribution in [1.82, 2.24) is 20.0 Å². The lowest BCUT2D eigenvalue weighted by Gasteiger charge is -2.35. The molecule has 0 atom stereocenters. The van der Waals surface area contributed by atoms with Crippen LogP contribution in [0.2, 0.25) is 4.34 Å². The number of imide groups is 1. The molecular formula is C15H21ClN4O2S. The molecule has 23 heavy (non-hydrogen) atoms. The molecule has 1 N–H and O–H groups in total. The zero-order valence-electron chi connectivity index (χ0n) is 13.3. The average Bonchev–Trinajstić information content (AvgIpc) is 3.00. The lowest BCUT2D eigenvalue weighted by molar-refractivity contribution is -0.134. The second-order valence-corrected chi connectivity index (χ2v) is 8.21. The number of hydrogen-bond donors (Lipinski definition) is 1. The van der Waals surface area contributed by atoms with Gasteiger partial charge in [-0.05, 0) is 39.1 Å². The highest BCUT2D eigenvalue weighted by molar-refractivity contribution is 7.16. The first-order valence-electron chi connectivity index (χ1n) is 7.65. The molecule has 0 aromatic carbocycles. The molecule has 1 aromatic rings. The van der Waals surface area contributed by atoms with Crippen molar-refractivity contribution in [2.45, 2.75) is 24.9 Å². The molecule has 1 spiro atoms. The Balaban J connectivity index is 1.63. The summed E-state index contributed by atoms with van der Waals surface area (Å²) in [4.78, 5) is 31.6. The van der Waals surface area contributed by atoms with Crippen LogP contribution in [-0.2, 0) is 11.3 Å². The molecule has 2 aliphatic rings. The van der Waals surface area contributed by atoms with E-state index in [-0.39, 0.29) is 18.6 Å². The van der Waals surface area contributed by atoms with Crippen LogP contribution in [-0.4, -0.2) is 66.0 Å². The fourth-order valence-corrected chi connectivity index (χ4v) is 4.31. The third kappa shape index (κ3) is 3.38. The Morgan fingerprint density at radius 3 is 2.65 bits per heavy atom. The molecule has 126 valence electrons. The van der Waals surface area contributed by atoms with Gasteiger partial charge in [-0.25, -0.2) is 9.69 Å². The van der Waals surface area contributed by atoms with Gasteiger partial charge in [-0.2, -0.15) is 0 Å². The number of halogens is 1. The highest BCUT2D eigenvalue weighted by atomic mass is 35.5. The molecule has 3 heterocycles. The van der Waals surface area contributed by atoms with Crippen LogP contribution in [0.4, 0.5) is 4.79 Å². The predicted molar refractivity (Wildman–Crippen MR) is 90.5 cm³/mol. The maximum Gasteiger partial charge on any atom is 0.326 e. The summed E-state index contributed by atoms with van der Waals surface area (Å²) < 4.78 is 0.744. The van der Waals surface area contributed by atoms with Crippen molar-refractivity contribution < 1.29 is 9.59 Å². The van der Waals surface area contributed by atoms with E-state index >= 15 is 0 Å². The molecule has 0 radical (unpaired) electrons. The van der Waals surface area contributed by atoms with Gasteiger partial charge in [-0.15, -0.1) is 11.3 Å². The van der Waals surface area contributed by atoms with Crippen LogP contribution in [0, 0.1) is 0 Å². The number of carbonyl (C=O) groups is 2. The van der Waals surface area contributed by atoms with Crippen LogP contribution in [0.3, 0.4) is 0 Å². The first-order valence-corrected chi connectivity index (χ1v) is 8.84. The SMILES string of the molecule is CN1CCC2(CC1)NC(=O)N(CN(C)Cc1ccc(Cl)s1)C2=O. The number of amides is 3. The molecule has 6 nitrogen and oxygen atoms in total. The minimum Gasteiger partial charge on any atom is -0.323 e. The largest absolute Gasteiger partial charge is 0.326 e. The van der Waals surface area contributed by atoms with Crippen molar-refractivity contribution in [2.24, 2.45) is 0 Å². The Hall–Kier alpha value is -1.15.